The van der Waals surface area contributed by atoms with Gasteiger partial charge in [-0.1, -0.05) is 0 Å². The molecule has 0 unspecified atom stereocenters. The Hall–Kier alpha value is -0.0800. The van der Waals surface area contributed by atoms with Gasteiger partial charge in [0.2, 0.25) is 0 Å². The van der Waals surface area contributed by atoms with Gasteiger partial charge < -0.3 is 10.4 Å². The molecule has 2 fully saturated rings. The summed E-state index contributed by atoms with van der Waals surface area (Å²) in [4.78, 5) is 0. The maximum Gasteiger partial charge on any atom is 0.0631 e. The van der Waals surface area contributed by atoms with Gasteiger partial charge in [-0.15, -0.1) is 0 Å². The first-order chi connectivity index (χ1) is 5.12. The van der Waals surface area contributed by atoms with E-state index in [0.717, 1.165) is 19.4 Å². The van der Waals surface area contributed by atoms with Crippen LogP contribution >= 0.6 is 0 Å². The summed E-state index contributed by atoms with van der Waals surface area (Å²) in [6.07, 6.45) is 4.62. The van der Waals surface area contributed by atoms with Crippen molar-refractivity contribution in [3.8, 4) is 0 Å². The smallest absolute Gasteiger partial charge is 0.0631 e. The van der Waals surface area contributed by atoms with Crippen LogP contribution in [0.15, 0.2) is 0 Å². The highest BCUT2D eigenvalue weighted by atomic mass is 16.3. The van der Waals surface area contributed by atoms with Crippen LogP contribution in [0.25, 0.3) is 0 Å². The summed E-state index contributed by atoms with van der Waals surface area (Å²) >= 11 is 0. The predicted molar refractivity (Wildman–Crippen MR) is 44.4 cm³/mol. The minimum absolute atomic E-state index is 0.348. The fraction of sp³-hybridized carbons (Fsp3) is 1.00. The summed E-state index contributed by atoms with van der Waals surface area (Å²) < 4.78 is 0. The Balaban J connectivity index is 1.94. The largest absolute Gasteiger partial charge is 0.390 e. The third-order valence-electron chi connectivity index (χ3n) is 3.07. The number of rotatable bonds is 0. The van der Waals surface area contributed by atoms with Gasteiger partial charge in [0.25, 0.3) is 0 Å². The molecule has 1 heterocycles. The third kappa shape index (κ3) is 1.30. The van der Waals surface area contributed by atoms with E-state index in [1.54, 1.807) is 0 Å². The fourth-order valence-electron chi connectivity index (χ4n) is 2.90. The monoisotopic (exact) mass is 155 g/mol. The van der Waals surface area contributed by atoms with Crippen molar-refractivity contribution in [2.45, 2.75) is 38.2 Å². The van der Waals surface area contributed by atoms with Crippen molar-refractivity contribution < 1.29 is 5.11 Å². The zero-order valence-corrected chi connectivity index (χ0v) is 7.19. The van der Waals surface area contributed by atoms with E-state index in [1.165, 1.54) is 19.4 Å². The van der Waals surface area contributed by atoms with E-state index in [1.807, 2.05) is 6.92 Å². The van der Waals surface area contributed by atoms with Gasteiger partial charge in [-0.2, -0.15) is 0 Å². The van der Waals surface area contributed by atoms with Crippen molar-refractivity contribution in [2.75, 3.05) is 13.1 Å². The van der Waals surface area contributed by atoms with Crippen LogP contribution in [0, 0.1) is 5.41 Å². The number of hydrogen-bond acceptors (Lipinski definition) is 2. The highest BCUT2D eigenvalue weighted by Gasteiger charge is 2.50. The summed E-state index contributed by atoms with van der Waals surface area (Å²) in [6, 6.07) is 0. The first kappa shape index (κ1) is 7.56. The van der Waals surface area contributed by atoms with Crippen LogP contribution in [-0.4, -0.2) is 23.8 Å². The van der Waals surface area contributed by atoms with Gasteiger partial charge in [-0.25, -0.2) is 0 Å². The molecule has 1 spiro atoms. The van der Waals surface area contributed by atoms with Crippen molar-refractivity contribution in [2.24, 2.45) is 5.41 Å². The molecule has 0 aromatic rings. The Morgan fingerprint density at radius 2 is 2.09 bits per heavy atom. The second-order valence-electron chi connectivity index (χ2n) is 4.63. The Kier molecular flexibility index (Phi) is 1.52. The zero-order chi connectivity index (χ0) is 7.95. The molecule has 0 radical (unpaired) electrons. The molecule has 2 nitrogen and oxygen atoms in total. The molecular formula is C9H17NO. The lowest BCUT2D eigenvalue weighted by atomic mass is 9.57. The molecule has 2 aliphatic rings. The van der Waals surface area contributed by atoms with Gasteiger partial charge in [0.05, 0.1) is 5.60 Å². The molecule has 0 atom stereocenters. The van der Waals surface area contributed by atoms with E-state index in [2.05, 4.69) is 5.32 Å². The maximum atomic E-state index is 9.60. The van der Waals surface area contributed by atoms with Crippen molar-refractivity contribution in [3.63, 3.8) is 0 Å². The molecule has 0 aromatic carbocycles. The van der Waals surface area contributed by atoms with Gasteiger partial charge in [-0.3, -0.25) is 0 Å². The van der Waals surface area contributed by atoms with Crippen molar-refractivity contribution in [3.05, 3.63) is 0 Å². The summed E-state index contributed by atoms with van der Waals surface area (Å²) in [5.41, 5.74) is 0.126. The fourth-order valence-corrected chi connectivity index (χ4v) is 2.90. The second kappa shape index (κ2) is 2.20. The standard InChI is InChI=1S/C9H17NO/c1-8(11)5-9(6-8)3-2-4-10-7-9/h10-11H,2-7H2,1H3. The predicted octanol–water partition coefficient (Wildman–Crippen LogP) is 0.901. The summed E-state index contributed by atoms with van der Waals surface area (Å²) in [6.45, 7) is 4.25. The molecule has 0 bridgehead atoms. The Morgan fingerprint density at radius 1 is 1.36 bits per heavy atom. The zero-order valence-electron chi connectivity index (χ0n) is 7.19. The molecule has 0 aromatic heterocycles. The Labute approximate surface area is 68.0 Å². The van der Waals surface area contributed by atoms with Crippen molar-refractivity contribution in [1.29, 1.82) is 0 Å². The molecule has 2 N–H and O–H groups in total. The number of aliphatic hydroxyl groups is 1. The van der Waals surface area contributed by atoms with Gasteiger partial charge in [-0.05, 0) is 44.6 Å². The lowest BCUT2D eigenvalue weighted by Crippen LogP contribution is -2.56. The topological polar surface area (TPSA) is 32.3 Å². The van der Waals surface area contributed by atoms with E-state index >= 15 is 0 Å². The molecule has 0 amide bonds. The van der Waals surface area contributed by atoms with Gasteiger partial charge in [0, 0.05) is 6.54 Å². The van der Waals surface area contributed by atoms with E-state index in [-0.39, 0.29) is 5.60 Å². The Morgan fingerprint density at radius 3 is 2.55 bits per heavy atom. The minimum atomic E-state index is -0.348. The highest BCUT2D eigenvalue weighted by molar-refractivity contribution is 5.03. The molecule has 1 saturated carbocycles. The Bertz CT molecular complexity index is 149. The normalized spacial score (nSPS) is 50.7. The van der Waals surface area contributed by atoms with Crippen LogP contribution in [-0.2, 0) is 0 Å². The quantitative estimate of drug-likeness (QED) is 0.545. The van der Waals surface area contributed by atoms with Crippen LogP contribution in [0.4, 0.5) is 0 Å². The SMILES string of the molecule is CC1(O)CC2(CCCNC2)C1. The average Bonchev–Trinajstić information content (AvgIpc) is 1.85. The first-order valence-electron chi connectivity index (χ1n) is 4.55. The molecular weight excluding hydrogens is 138 g/mol. The van der Waals surface area contributed by atoms with Crippen molar-refractivity contribution >= 4 is 0 Å². The number of hydrogen-bond donors (Lipinski definition) is 2. The van der Waals surface area contributed by atoms with Crippen LogP contribution in [0.2, 0.25) is 0 Å². The highest BCUT2D eigenvalue weighted by Crippen LogP contribution is 2.51. The number of nitrogens with one attached hydrogen (secondary N) is 1. The number of piperidine rings is 1. The maximum absolute atomic E-state index is 9.60. The van der Waals surface area contributed by atoms with E-state index < -0.39 is 0 Å². The van der Waals surface area contributed by atoms with Crippen LogP contribution in [0.5, 0.6) is 0 Å². The first-order valence-corrected chi connectivity index (χ1v) is 4.55. The second-order valence-corrected chi connectivity index (χ2v) is 4.63. The lowest BCUT2D eigenvalue weighted by molar-refractivity contribution is -0.123. The summed E-state index contributed by atoms with van der Waals surface area (Å²) in [5, 5.41) is 13.0. The minimum Gasteiger partial charge on any atom is -0.390 e. The molecule has 1 aliphatic heterocycles. The molecule has 2 rings (SSSR count). The van der Waals surface area contributed by atoms with Crippen molar-refractivity contribution in [1.82, 2.24) is 5.32 Å². The third-order valence-corrected chi connectivity index (χ3v) is 3.07. The summed E-state index contributed by atoms with van der Waals surface area (Å²) in [5.74, 6) is 0. The summed E-state index contributed by atoms with van der Waals surface area (Å²) in [7, 11) is 0. The lowest BCUT2D eigenvalue weighted by Gasteiger charge is -2.54. The van der Waals surface area contributed by atoms with Gasteiger partial charge in [0.15, 0.2) is 0 Å². The molecule has 1 aliphatic carbocycles. The van der Waals surface area contributed by atoms with E-state index in [4.69, 9.17) is 0 Å². The molecule has 64 valence electrons. The average molecular weight is 155 g/mol. The molecule has 2 heteroatoms. The van der Waals surface area contributed by atoms with E-state index in [9.17, 15) is 5.11 Å². The van der Waals surface area contributed by atoms with Crippen LogP contribution in [0.3, 0.4) is 0 Å². The molecule has 1 saturated heterocycles. The van der Waals surface area contributed by atoms with Gasteiger partial charge >= 0.3 is 0 Å². The van der Waals surface area contributed by atoms with Crippen LogP contribution in [0.1, 0.15) is 32.6 Å². The van der Waals surface area contributed by atoms with Gasteiger partial charge in [0.1, 0.15) is 0 Å². The molecule has 11 heavy (non-hydrogen) atoms. The van der Waals surface area contributed by atoms with Crippen LogP contribution < -0.4 is 5.32 Å². The van der Waals surface area contributed by atoms with E-state index in [0.29, 0.717) is 5.41 Å².